The molecule has 2 rings (SSSR count). The van der Waals surface area contributed by atoms with Gasteiger partial charge in [-0.2, -0.15) is 0 Å². The van der Waals surface area contributed by atoms with Crippen LogP contribution < -0.4 is 0 Å². The molecule has 16 heavy (non-hydrogen) atoms. The first-order valence-corrected chi connectivity index (χ1v) is 5.14. The van der Waals surface area contributed by atoms with Crippen LogP contribution in [0.3, 0.4) is 0 Å². The van der Waals surface area contributed by atoms with E-state index in [1.54, 1.807) is 0 Å². The predicted octanol–water partition coefficient (Wildman–Crippen LogP) is 2.06. The Kier molecular flexibility index (Phi) is 2.60. The number of aromatic nitrogens is 3. The zero-order valence-corrected chi connectivity index (χ0v) is 9.50. The molecular formula is C11H13N3O2. The molecular weight excluding hydrogens is 206 g/mol. The van der Waals surface area contributed by atoms with E-state index in [1.807, 2.05) is 20.8 Å². The van der Waals surface area contributed by atoms with Crippen molar-refractivity contribution in [1.29, 1.82) is 0 Å². The van der Waals surface area contributed by atoms with Crippen LogP contribution in [-0.2, 0) is 6.42 Å². The number of aromatic amines is 1. The highest BCUT2D eigenvalue weighted by atomic mass is 16.4. The van der Waals surface area contributed by atoms with Crippen molar-refractivity contribution in [2.75, 3.05) is 0 Å². The Bertz CT molecular complexity index is 525. The Labute approximate surface area is 92.9 Å². The largest absolute Gasteiger partial charge is 0.419 e. The molecule has 0 unspecified atom stereocenters. The maximum atomic E-state index is 10.9. The number of carbonyl (C=O) groups excluding carboxylic acids is 1. The van der Waals surface area contributed by atoms with Gasteiger partial charge in [0, 0.05) is 17.7 Å². The summed E-state index contributed by atoms with van der Waals surface area (Å²) in [4.78, 5) is 14.0. The van der Waals surface area contributed by atoms with Gasteiger partial charge in [-0.3, -0.25) is 4.79 Å². The van der Waals surface area contributed by atoms with Crippen LogP contribution in [0, 0.1) is 13.8 Å². The molecule has 2 aromatic heterocycles. The fourth-order valence-corrected chi connectivity index (χ4v) is 1.65. The molecule has 0 atom stereocenters. The van der Waals surface area contributed by atoms with Crippen LogP contribution in [0.2, 0.25) is 0 Å². The van der Waals surface area contributed by atoms with E-state index in [4.69, 9.17) is 4.42 Å². The highest BCUT2D eigenvalue weighted by Crippen LogP contribution is 2.25. The number of nitrogens with one attached hydrogen (secondary N) is 1. The highest BCUT2D eigenvalue weighted by molar-refractivity contribution is 5.82. The van der Waals surface area contributed by atoms with Crippen LogP contribution in [-0.4, -0.2) is 21.5 Å². The molecule has 0 saturated carbocycles. The molecule has 0 amide bonds. The van der Waals surface area contributed by atoms with Gasteiger partial charge in [-0.1, -0.05) is 6.92 Å². The van der Waals surface area contributed by atoms with Gasteiger partial charge < -0.3 is 9.40 Å². The molecule has 0 bridgehead atoms. The molecule has 5 heteroatoms. The van der Waals surface area contributed by atoms with E-state index in [9.17, 15) is 4.79 Å². The summed E-state index contributed by atoms with van der Waals surface area (Å²) in [6.45, 7) is 5.65. The smallest absolute Gasteiger partial charge is 0.264 e. The van der Waals surface area contributed by atoms with E-state index in [0.29, 0.717) is 23.8 Å². The number of carbonyl (C=O) groups is 1. The lowest BCUT2D eigenvalue weighted by molar-refractivity contribution is 0.112. The summed E-state index contributed by atoms with van der Waals surface area (Å²) in [6, 6.07) is 0. The summed E-state index contributed by atoms with van der Waals surface area (Å²) < 4.78 is 5.44. The second kappa shape index (κ2) is 3.92. The number of rotatable bonds is 3. The van der Waals surface area contributed by atoms with Crippen molar-refractivity contribution in [2.24, 2.45) is 0 Å². The minimum absolute atomic E-state index is 0.436. The summed E-state index contributed by atoms with van der Waals surface area (Å²) in [5.74, 6) is 1.03. The van der Waals surface area contributed by atoms with E-state index in [-0.39, 0.29) is 0 Å². The molecule has 5 nitrogen and oxygen atoms in total. The van der Waals surface area contributed by atoms with Gasteiger partial charge in [-0.15, -0.1) is 10.2 Å². The Hall–Kier alpha value is -1.91. The normalized spacial score (nSPS) is 10.7. The number of aldehydes is 1. The van der Waals surface area contributed by atoms with Gasteiger partial charge in [-0.05, 0) is 19.4 Å². The monoisotopic (exact) mass is 219 g/mol. The second-order valence-electron chi connectivity index (χ2n) is 3.64. The number of H-pyrrole nitrogens is 1. The molecule has 0 saturated heterocycles. The van der Waals surface area contributed by atoms with Gasteiger partial charge >= 0.3 is 0 Å². The second-order valence-corrected chi connectivity index (χ2v) is 3.64. The average molecular weight is 219 g/mol. The number of hydrogen-bond acceptors (Lipinski definition) is 4. The summed E-state index contributed by atoms with van der Waals surface area (Å²) in [5, 5.41) is 7.83. The molecule has 0 aliphatic heterocycles. The van der Waals surface area contributed by atoms with Gasteiger partial charge in [-0.25, -0.2) is 0 Å². The van der Waals surface area contributed by atoms with Crippen molar-refractivity contribution in [3.8, 4) is 11.6 Å². The molecule has 0 aliphatic carbocycles. The van der Waals surface area contributed by atoms with Gasteiger partial charge in [0.05, 0.1) is 0 Å². The van der Waals surface area contributed by atoms with Crippen molar-refractivity contribution < 1.29 is 9.21 Å². The van der Waals surface area contributed by atoms with Gasteiger partial charge in [0.1, 0.15) is 5.69 Å². The van der Waals surface area contributed by atoms with Crippen LogP contribution in [0.25, 0.3) is 11.6 Å². The van der Waals surface area contributed by atoms with Crippen molar-refractivity contribution in [1.82, 2.24) is 15.2 Å². The molecule has 0 fully saturated rings. The van der Waals surface area contributed by atoms with Crippen molar-refractivity contribution in [3.63, 3.8) is 0 Å². The van der Waals surface area contributed by atoms with E-state index in [1.165, 1.54) is 0 Å². The van der Waals surface area contributed by atoms with Gasteiger partial charge in [0.25, 0.3) is 5.89 Å². The number of nitrogens with zero attached hydrogens (tertiary/aromatic N) is 2. The highest BCUT2D eigenvalue weighted by Gasteiger charge is 2.16. The minimum Gasteiger partial charge on any atom is -0.419 e. The third kappa shape index (κ3) is 1.54. The fraction of sp³-hybridized carbons (Fsp3) is 0.364. The third-order valence-corrected chi connectivity index (χ3v) is 2.60. The first-order valence-electron chi connectivity index (χ1n) is 5.14. The zero-order chi connectivity index (χ0) is 11.7. The zero-order valence-electron chi connectivity index (χ0n) is 9.50. The third-order valence-electron chi connectivity index (χ3n) is 2.60. The SMILES string of the molecule is CCc1nnc(-c2[nH]c(C)c(C=O)c2C)o1. The quantitative estimate of drug-likeness (QED) is 0.802. The van der Waals surface area contributed by atoms with E-state index < -0.39 is 0 Å². The Balaban J connectivity index is 2.51. The molecule has 2 heterocycles. The van der Waals surface area contributed by atoms with Crippen LogP contribution in [0.1, 0.15) is 34.4 Å². The maximum absolute atomic E-state index is 10.9. The fourth-order valence-electron chi connectivity index (χ4n) is 1.65. The summed E-state index contributed by atoms with van der Waals surface area (Å²) in [7, 11) is 0. The summed E-state index contributed by atoms with van der Waals surface area (Å²) >= 11 is 0. The summed E-state index contributed by atoms with van der Waals surface area (Å²) in [5.41, 5.74) is 3.05. The Morgan fingerprint density at radius 1 is 1.38 bits per heavy atom. The lowest BCUT2D eigenvalue weighted by atomic mass is 10.1. The van der Waals surface area contributed by atoms with Crippen LogP contribution in [0.4, 0.5) is 0 Å². The van der Waals surface area contributed by atoms with E-state index in [2.05, 4.69) is 15.2 Å². The van der Waals surface area contributed by atoms with Crippen LogP contribution in [0.15, 0.2) is 4.42 Å². The van der Waals surface area contributed by atoms with E-state index >= 15 is 0 Å². The molecule has 1 N–H and O–H groups in total. The maximum Gasteiger partial charge on any atom is 0.264 e. The molecule has 0 aromatic carbocycles. The Morgan fingerprint density at radius 3 is 2.62 bits per heavy atom. The lowest BCUT2D eigenvalue weighted by Gasteiger charge is -1.92. The average Bonchev–Trinajstić information content (AvgIpc) is 2.83. The molecule has 0 spiro atoms. The molecule has 0 aliphatic rings. The number of aryl methyl sites for hydroxylation is 2. The molecule has 84 valence electrons. The van der Waals surface area contributed by atoms with Gasteiger partial charge in [0.15, 0.2) is 6.29 Å². The first-order chi connectivity index (χ1) is 7.67. The van der Waals surface area contributed by atoms with Gasteiger partial charge in [0.2, 0.25) is 5.89 Å². The van der Waals surface area contributed by atoms with Crippen molar-refractivity contribution in [2.45, 2.75) is 27.2 Å². The first kappa shape index (κ1) is 10.6. The van der Waals surface area contributed by atoms with Crippen molar-refractivity contribution >= 4 is 6.29 Å². The summed E-state index contributed by atoms with van der Waals surface area (Å²) in [6.07, 6.45) is 1.54. The lowest BCUT2D eigenvalue weighted by Crippen LogP contribution is -1.83. The molecule has 0 radical (unpaired) electrons. The predicted molar refractivity (Wildman–Crippen MR) is 58.3 cm³/mol. The van der Waals surface area contributed by atoms with Crippen LogP contribution >= 0.6 is 0 Å². The topological polar surface area (TPSA) is 71.8 Å². The Morgan fingerprint density at radius 2 is 2.12 bits per heavy atom. The van der Waals surface area contributed by atoms with E-state index in [0.717, 1.165) is 23.2 Å². The van der Waals surface area contributed by atoms with Crippen molar-refractivity contribution in [3.05, 3.63) is 22.7 Å². The van der Waals surface area contributed by atoms with Crippen LogP contribution in [0.5, 0.6) is 0 Å². The number of hydrogen-bond donors (Lipinski definition) is 1. The molecule has 2 aromatic rings. The standard InChI is InChI=1S/C11H13N3O2/c1-4-9-13-14-11(16-9)10-6(2)8(5-15)7(3)12-10/h5,12H,4H2,1-3H3. The minimum atomic E-state index is 0.436.